The van der Waals surface area contributed by atoms with Gasteiger partial charge in [-0.3, -0.25) is 4.98 Å². The third kappa shape index (κ3) is 4.05. The van der Waals surface area contributed by atoms with Gasteiger partial charge in [-0.1, -0.05) is 55.7 Å². The van der Waals surface area contributed by atoms with E-state index in [1.807, 2.05) is 6.20 Å². The molecule has 1 aromatic carbocycles. The molecule has 4 heterocycles. The molecule has 0 amide bonds. The van der Waals surface area contributed by atoms with Gasteiger partial charge in [0, 0.05) is 33.3 Å². The minimum Gasteiger partial charge on any atom is -1.00 e. The molecule has 0 radical (unpaired) electrons. The van der Waals surface area contributed by atoms with E-state index in [0.29, 0.717) is 12.0 Å². The van der Waals surface area contributed by atoms with Crippen molar-refractivity contribution in [3.63, 3.8) is 0 Å². The third-order valence-electron chi connectivity index (χ3n) is 12.9. The molecule has 3 fully saturated rings. The number of pyridine rings is 1. The third-order valence-corrected chi connectivity index (χ3v) is 12.9. The van der Waals surface area contributed by atoms with Crippen molar-refractivity contribution in [1.82, 2.24) is 9.97 Å². The molecular weight excluding hydrogens is 550 g/mol. The van der Waals surface area contributed by atoms with Crippen LogP contribution in [0.1, 0.15) is 89.2 Å². The highest BCUT2D eigenvalue weighted by Crippen LogP contribution is 2.65. The number of aliphatic hydroxyl groups is 1. The molecule has 3 N–H and O–H groups in total. The van der Waals surface area contributed by atoms with Gasteiger partial charge < -0.3 is 27.4 Å². The highest BCUT2D eigenvalue weighted by Gasteiger charge is 2.70. The number of halogens is 1. The smallest absolute Gasteiger partial charge is 0.136 e. The molecule has 6 aliphatic rings. The van der Waals surface area contributed by atoms with Gasteiger partial charge in [0.1, 0.15) is 17.7 Å². The van der Waals surface area contributed by atoms with Crippen molar-refractivity contribution in [3.05, 3.63) is 72.6 Å². The number of para-hydroxylation sites is 1. The van der Waals surface area contributed by atoms with E-state index in [9.17, 15) is 5.11 Å². The summed E-state index contributed by atoms with van der Waals surface area (Å²) in [5.41, 5.74) is 4.21. The summed E-state index contributed by atoms with van der Waals surface area (Å²) in [5, 5.41) is 15.8. The van der Waals surface area contributed by atoms with Gasteiger partial charge in [0.25, 0.3) is 0 Å². The van der Waals surface area contributed by atoms with E-state index in [-0.39, 0.29) is 29.3 Å². The number of allylic oxidation sites excluding steroid dienone is 3. The first-order chi connectivity index (χ1) is 20.6. The molecule has 43 heavy (non-hydrogen) atoms. The number of piperidine rings is 1. The summed E-state index contributed by atoms with van der Waals surface area (Å²) in [7, 11) is 0. The second kappa shape index (κ2) is 10.3. The van der Waals surface area contributed by atoms with Gasteiger partial charge in [-0.15, -0.1) is 0 Å². The lowest BCUT2D eigenvalue weighted by molar-refractivity contribution is -0.972. The lowest BCUT2D eigenvalue weighted by Gasteiger charge is -2.66. The highest BCUT2D eigenvalue weighted by atomic mass is 35.5. The summed E-state index contributed by atoms with van der Waals surface area (Å²) >= 11 is 0. The Morgan fingerprint density at radius 2 is 1.86 bits per heavy atom. The van der Waals surface area contributed by atoms with Gasteiger partial charge in [0.2, 0.25) is 0 Å². The summed E-state index contributed by atoms with van der Waals surface area (Å²) < 4.78 is 0. The van der Waals surface area contributed by atoms with E-state index >= 15 is 0 Å². The number of aromatic nitrogens is 2. The Hall–Kier alpha value is -2.40. The Labute approximate surface area is 262 Å². The van der Waals surface area contributed by atoms with Gasteiger partial charge >= 0.3 is 0 Å². The summed E-state index contributed by atoms with van der Waals surface area (Å²) in [4.78, 5) is 10.7. The van der Waals surface area contributed by atoms with E-state index in [2.05, 4.69) is 65.7 Å². The standard InChI is InChI=1S/C38H45N3O.ClH/c42-38-20-9-8-19-36-18-7-6-11-26-15-16-30(37(23-26,25-36)35(38)41-22-10-2-1-3-14-32(36)41)29(24-38)33-34-28(17-21-39-33)27-12-4-5-13-31(27)40-34;/h3-5,8,12-14,17,19,21,24,26,30,32,35,40,42H,1-2,6-7,9-11,15-16,18,20,22-23,25H2;1H/b14-3-,19-8-;/t26?,30?,32?,35-,36?,37-,38+;/m1./s1. The van der Waals surface area contributed by atoms with Gasteiger partial charge in [0.05, 0.1) is 17.8 Å². The minimum atomic E-state index is -0.834. The van der Waals surface area contributed by atoms with E-state index in [4.69, 9.17) is 4.98 Å². The molecule has 3 aromatic rings. The zero-order chi connectivity index (χ0) is 27.9. The van der Waals surface area contributed by atoms with Crippen LogP contribution < -0.4 is 17.3 Å². The Kier molecular flexibility index (Phi) is 6.75. The monoisotopic (exact) mass is 595 g/mol. The van der Waals surface area contributed by atoms with Crippen molar-refractivity contribution >= 4 is 27.4 Å². The number of rotatable bonds is 1. The van der Waals surface area contributed by atoms with Crippen molar-refractivity contribution in [2.24, 2.45) is 22.7 Å². The van der Waals surface area contributed by atoms with Gasteiger partial charge in [0.15, 0.2) is 0 Å². The van der Waals surface area contributed by atoms with Crippen LogP contribution in [0, 0.1) is 22.7 Å². The Balaban J connectivity index is 0.00000278. The fourth-order valence-electron chi connectivity index (χ4n) is 11.6. The summed E-state index contributed by atoms with van der Waals surface area (Å²) in [6.07, 6.45) is 30.6. The van der Waals surface area contributed by atoms with Crippen molar-refractivity contribution < 1.29 is 22.4 Å². The molecule has 5 bridgehead atoms. The maximum atomic E-state index is 13.2. The topological polar surface area (TPSA) is 53.4 Å². The molecule has 9 rings (SSSR count). The summed E-state index contributed by atoms with van der Waals surface area (Å²) in [6, 6.07) is 11.6. The number of aromatic amines is 1. The Morgan fingerprint density at radius 1 is 0.930 bits per heavy atom. The lowest BCUT2D eigenvalue weighted by atomic mass is 9.44. The number of hydrogen-bond acceptors (Lipinski definition) is 2. The van der Waals surface area contributed by atoms with Gasteiger partial charge in [-0.2, -0.15) is 0 Å². The van der Waals surface area contributed by atoms with Crippen LogP contribution in [0.5, 0.6) is 0 Å². The van der Waals surface area contributed by atoms with Crippen molar-refractivity contribution in [3.8, 4) is 0 Å². The maximum absolute atomic E-state index is 13.2. The largest absolute Gasteiger partial charge is 1.00 e. The fraction of sp³-hybridized carbons (Fsp3) is 0.553. The predicted molar refractivity (Wildman–Crippen MR) is 170 cm³/mol. The Bertz CT molecular complexity index is 1640. The fourth-order valence-corrected chi connectivity index (χ4v) is 11.6. The molecule has 8 atom stereocenters. The van der Waals surface area contributed by atoms with Crippen LogP contribution >= 0.6 is 0 Å². The van der Waals surface area contributed by atoms with E-state index in [1.165, 1.54) is 99.0 Å². The van der Waals surface area contributed by atoms with Crippen LogP contribution in [0.2, 0.25) is 0 Å². The predicted octanol–water partition coefficient (Wildman–Crippen LogP) is 3.93. The van der Waals surface area contributed by atoms with Crippen LogP contribution in [0.3, 0.4) is 0 Å². The zero-order valence-corrected chi connectivity index (χ0v) is 26.1. The Morgan fingerprint density at radius 3 is 2.81 bits per heavy atom. The average molecular weight is 596 g/mol. The van der Waals surface area contributed by atoms with Gasteiger partial charge in [-0.25, -0.2) is 0 Å². The van der Waals surface area contributed by atoms with E-state index in [1.54, 1.807) is 4.90 Å². The average Bonchev–Trinajstić information content (AvgIpc) is 3.39. The normalized spacial score (nSPS) is 41.6. The second-order valence-electron chi connectivity index (χ2n) is 15.0. The number of nitrogens with one attached hydrogen (secondary N) is 2. The summed E-state index contributed by atoms with van der Waals surface area (Å²) in [5.74, 6) is 1.22. The molecule has 4 nitrogen and oxygen atoms in total. The molecule has 226 valence electrons. The first-order valence-electron chi connectivity index (χ1n) is 17.1. The molecule has 1 saturated heterocycles. The molecule has 5 unspecified atom stereocenters. The van der Waals surface area contributed by atoms with E-state index in [0.717, 1.165) is 30.0 Å². The lowest BCUT2D eigenvalue weighted by Crippen LogP contribution is -3.25. The van der Waals surface area contributed by atoms with Crippen LogP contribution in [0.4, 0.5) is 0 Å². The SMILES string of the molecule is O[C@]12C=C(c3nccc4c3[nH]c3ccccc34)C3CCC4CCCCC5(/C=C\CC1)C[C@@]3(C4)[C@H]2[NH+]1CCCC/C=C\C15.[Cl-]. The van der Waals surface area contributed by atoms with Crippen LogP contribution in [0.15, 0.2) is 66.9 Å². The van der Waals surface area contributed by atoms with Crippen LogP contribution in [-0.2, 0) is 0 Å². The molecule has 1 spiro atoms. The van der Waals surface area contributed by atoms with Crippen molar-refractivity contribution in [2.75, 3.05) is 6.54 Å². The molecule has 4 aliphatic carbocycles. The van der Waals surface area contributed by atoms with Crippen molar-refractivity contribution in [2.45, 2.75) is 101 Å². The first kappa shape index (κ1) is 28.1. The van der Waals surface area contributed by atoms with E-state index < -0.39 is 5.60 Å². The molecule has 5 heteroatoms. The van der Waals surface area contributed by atoms with Crippen LogP contribution in [-0.4, -0.2) is 39.3 Å². The number of H-pyrrole nitrogens is 1. The minimum absolute atomic E-state index is 0. The first-order valence-corrected chi connectivity index (χ1v) is 17.1. The quantitative estimate of drug-likeness (QED) is 0.374. The molecule has 2 aromatic heterocycles. The second-order valence-corrected chi connectivity index (χ2v) is 15.0. The highest BCUT2D eigenvalue weighted by molar-refractivity contribution is 6.09. The maximum Gasteiger partial charge on any atom is 0.136 e. The van der Waals surface area contributed by atoms with Gasteiger partial charge in [-0.05, 0) is 106 Å². The number of fused-ring (bicyclic) bond motifs is 5. The number of hydrogen-bond donors (Lipinski definition) is 3. The number of quaternary nitrogens is 1. The summed E-state index contributed by atoms with van der Waals surface area (Å²) in [6.45, 7) is 1.19. The molecular formula is C38H46ClN3O. The number of nitrogens with zero attached hydrogens (tertiary/aromatic N) is 1. The van der Waals surface area contributed by atoms with Crippen molar-refractivity contribution in [1.29, 1.82) is 0 Å². The van der Waals surface area contributed by atoms with Crippen LogP contribution in [0.25, 0.3) is 27.4 Å². The molecule has 2 saturated carbocycles. The zero-order valence-electron chi connectivity index (χ0n) is 25.3. The number of benzene rings is 1. The molecule has 2 aliphatic heterocycles.